The van der Waals surface area contributed by atoms with Crippen molar-refractivity contribution in [3.63, 3.8) is 0 Å². The first-order valence-corrected chi connectivity index (χ1v) is 10.6. The Bertz CT molecular complexity index is 1270. The second-order valence-electron chi connectivity index (χ2n) is 8.21. The Labute approximate surface area is 184 Å². The van der Waals surface area contributed by atoms with E-state index in [4.69, 9.17) is 0 Å². The Morgan fingerprint density at radius 3 is 2.03 bits per heavy atom. The summed E-state index contributed by atoms with van der Waals surface area (Å²) in [6, 6.07) is 20.3. The summed E-state index contributed by atoms with van der Waals surface area (Å²) in [6.45, 7) is 0. The smallest absolute Gasteiger partial charge is 0.328 e. The van der Waals surface area contributed by atoms with Crippen molar-refractivity contribution in [2.75, 3.05) is 0 Å². The molecule has 1 N–H and O–H groups in total. The van der Waals surface area contributed by atoms with Crippen LogP contribution in [0, 0.1) is 17.6 Å². The Balaban J connectivity index is 1.62. The molecule has 1 saturated carbocycles. The second-order valence-corrected chi connectivity index (χ2v) is 8.21. The summed E-state index contributed by atoms with van der Waals surface area (Å²) >= 11 is 0. The zero-order valence-corrected chi connectivity index (χ0v) is 17.2. The van der Waals surface area contributed by atoms with E-state index in [-0.39, 0.29) is 17.7 Å². The van der Waals surface area contributed by atoms with Crippen LogP contribution >= 0.6 is 0 Å². The van der Waals surface area contributed by atoms with Gasteiger partial charge in [0.15, 0.2) is 0 Å². The summed E-state index contributed by atoms with van der Waals surface area (Å²) in [4.78, 5) is 11.3. The molecule has 1 aliphatic rings. The molecule has 160 valence electrons. The summed E-state index contributed by atoms with van der Waals surface area (Å²) in [7, 11) is 0. The van der Waals surface area contributed by atoms with Crippen LogP contribution in [0.2, 0.25) is 0 Å². The first-order valence-electron chi connectivity index (χ1n) is 10.6. The molecule has 0 saturated heterocycles. The van der Waals surface area contributed by atoms with Crippen molar-refractivity contribution >= 4 is 22.4 Å². The first kappa shape index (κ1) is 20.2. The monoisotopic (exact) mass is 429 g/mol. The maximum absolute atomic E-state index is 13.6. The average molecular weight is 429 g/mol. The summed E-state index contributed by atoms with van der Waals surface area (Å²) in [5, 5.41) is 10.2. The van der Waals surface area contributed by atoms with Gasteiger partial charge in [0.05, 0.1) is 6.04 Å². The Kier molecular flexibility index (Phi) is 5.10. The molecule has 0 atom stereocenters. The van der Waals surface area contributed by atoms with Gasteiger partial charge in [0, 0.05) is 23.2 Å². The van der Waals surface area contributed by atoms with Crippen LogP contribution in [0.5, 0.6) is 0 Å². The molecule has 4 aromatic rings. The molecule has 5 heteroatoms. The number of fused-ring (bicyclic) bond motifs is 1. The largest absolute Gasteiger partial charge is 0.478 e. The number of aliphatic carboxylic acids is 1. The fraction of sp³-hybridized carbons (Fsp3) is 0.148. The lowest BCUT2D eigenvalue weighted by Gasteiger charge is -2.22. The lowest BCUT2D eigenvalue weighted by atomic mass is 9.97. The number of nitrogens with zero attached hydrogens (tertiary/aromatic N) is 1. The Hall–Kier alpha value is -3.73. The highest BCUT2D eigenvalue weighted by Gasteiger charge is 2.28. The van der Waals surface area contributed by atoms with E-state index in [0.717, 1.165) is 46.0 Å². The SMILES string of the molecule is O=C(O)/C=C(/c1ccc2c(ccn2C(c2ccc(F)cc2)c2ccc(F)cc2)c1)C1CC1. The normalized spacial score (nSPS) is 14.3. The predicted octanol–water partition coefficient (Wildman–Crippen LogP) is 6.44. The number of hydrogen-bond acceptors (Lipinski definition) is 1. The Morgan fingerprint density at radius 1 is 0.906 bits per heavy atom. The summed E-state index contributed by atoms with van der Waals surface area (Å²) in [5.41, 5.74) is 4.49. The van der Waals surface area contributed by atoms with E-state index in [1.54, 1.807) is 24.3 Å². The highest BCUT2D eigenvalue weighted by atomic mass is 19.1. The standard InChI is InChI=1S/C27H21F2NO2/c28-22-8-3-18(4-9-22)27(19-5-10-23(29)11-6-19)30-14-13-21-15-20(7-12-25(21)30)24(16-26(31)32)17-1-2-17/h3-17,27H,1-2H2,(H,31,32)/b24-16+. The Morgan fingerprint density at radius 2 is 1.50 bits per heavy atom. The van der Waals surface area contributed by atoms with Crippen LogP contribution in [0.1, 0.15) is 35.6 Å². The first-order chi connectivity index (χ1) is 15.5. The van der Waals surface area contributed by atoms with Crippen LogP contribution in [0.15, 0.2) is 85.1 Å². The number of rotatable bonds is 6. The molecule has 0 unspecified atom stereocenters. The van der Waals surface area contributed by atoms with E-state index in [0.29, 0.717) is 5.92 Å². The molecule has 5 rings (SSSR count). The molecule has 0 bridgehead atoms. The van der Waals surface area contributed by atoms with Crippen LogP contribution in [-0.4, -0.2) is 15.6 Å². The van der Waals surface area contributed by atoms with Crippen molar-refractivity contribution in [1.82, 2.24) is 4.57 Å². The summed E-state index contributed by atoms with van der Waals surface area (Å²) < 4.78 is 29.2. The van der Waals surface area contributed by atoms with Crippen LogP contribution in [0.4, 0.5) is 8.78 Å². The van der Waals surface area contributed by atoms with Crippen molar-refractivity contribution in [3.05, 3.63) is 113 Å². The third-order valence-corrected chi connectivity index (χ3v) is 6.00. The number of halogens is 2. The molecular formula is C27H21F2NO2. The molecule has 0 radical (unpaired) electrons. The van der Waals surface area contributed by atoms with Crippen molar-refractivity contribution in [3.8, 4) is 0 Å². The minimum absolute atomic E-state index is 0.267. The molecule has 1 aliphatic carbocycles. The van der Waals surface area contributed by atoms with E-state index in [1.165, 1.54) is 30.3 Å². The molecule has 3 nitrogen and oxygen atoms in total. The van der Waals surface area contributed by atoms with Crippen LogP contribution < -0.4 is 0 Å². The third-order valence-electron chi connectivity index (χ3n) is 6.00. The second kappa shape index (κ2) is 8.08. The van der Waals surface area contributed by atoms with Crippen molar-refractivity contribution in [2.45, 2.75) is 18.9 Å². The van der Waals surface area contributed by atoms with Crippen molar-refractivity contribution in [1.29, 1.82) is 0 Å². The van der Waals surface area contributed by atoms with E-state index >= 15 is 0 Å². The minimum Gasteiger partial charge on any atom is -0.478 e. The molecular weight excluding hydrogens is 408 g/mol. The summed E-state index contributed by atoms with van der Waals surface area (Å²) in [5.74, 6) is -1.26. The number of hydrogen-bond donors (Lipinski definition) is 1. The number of allylic oxidation sites excluding steroid dienone is 1. The molecule has 1 aromatic heterocycles. The highest BCUT2D eigenvalue weighted by Crippen LogP contribution is 2.42. The van der Waals surface area contributed by atoms with Gasteiger partial charge in [0.2, 0.25) is 0 Å². The van der Waals surface area contributed by atoms with Crippen LogP contribution in [0.3, 0.4) is 0 Å². The maximum Gasteiger partial charge on any atom is 0.328 e. The van der Waals surface area contributed by atoms with Gasteiger partial charge >= 0.3 is 5.97 Å². The zero-order valence-electron chi connectivity index (χ0n) is 17.2. The van der Waals surface area contributed by atoms with Gasteiger partial charge < -0.3 is 9.67 Å². The number of aromatic nitrogens is 1. The molecule has 32 heavy (non-hydrogen) atoms. The predicted molar refractivity (Wildman–Crippen MR) is 120 cm³/mol. The van der Waals surface area contributed by atoms with Gasteiger partial charge in [-0.2, -0.15) is 0 Å². The number of carbonyl (C=O) groups is 1. The topological polar surface area (TPSA) is 42.2 Å². The van der Waals surface area contributed by atoms with Gasteiger partial charge in [-0.1, -0.05) is 30.3 Å². The van der Waals surface area contributed by atoms with E-state index in [1.807, 2.05) is 30.5 Å². The zero-order chi connectivity index (χ0) is 22.2. The van der Waals surface area contributed by atoms with Gasteiger partial charge in [0.25, 0.3) is 0 Å². The number of benzene rings is 3. The fourth-order valence-corrected chi connectivity index (χ4v) is 4.34. The van der Waals surface area contributed by atoms with Gasteiger partial charge in [-0.3, -0.25) is 0 Å². The van der Waals surface area contributed by atoms with Crippen LogP contribution in [-0.2, 0) is 4.79 Å². The highest BCUT2D eigenvalue weighted by molar-refractivity contribution is 5.93. The van der Waals surface area contributed by atoms with Gasteiger partial charge in [-0.25, -0.2) is 13.6 Å². The molecule has 0 aliphatic heterocycles. The lowest BCUT2D eigenvalue weighted by Crippen LogP contribution is -2.11. The molecule has 0 spiro atoms. The van der Waals surface area contributed by atoms with Gasteiger partial charge in [-0.15, -0.1) is 0 Å². The molecule has 0 amide bonds. The quantitative estimate of drug-likeness (QED) is 0.359. The van der Waals surface area contributed by atoms with Crippen LogP contribution in [0.25, 0.3) is 16.5 Å². The minimum atomic E-state index is -0.933. The third kappa shape index (κ3) is 3.94. The fourth-order valence-electron chi connectivity index (χ4n) is 4.34. The van der Waals surface area contributed by atoms with E-state index in [2.05, 4.69) is 4.57 Å². The lowest BCUT2D eigenvalue weighted by molar-refractivity contribution is -0.131. The van der Waals surface area contributed by atoms with Crippen molar-refractivity contribution in [2.24, 2.45) is 5.92 Å². The van der Waals surface area contributed by atoms with Gasteiger partial charge in [0.1, 0.15) is 11.6 Å². The molecule has 1 fully saturated rings. The molecule has 3 aromatic carbocycles. The average Bonchev–Trinajstić information content (AvgIpc) is 3.55. The summed E-state index contributed by atoms with van der Waals surface area (Å²) in [6.07, 6.45) is 5.30. The maximum atomic E-state index is 13.6. The molecule has 1 heterocycles. The van der Waals surface area contributed by atoms with Gasteiger partial charge in [-0.05, 0) is 83.5 Å². The van der Waals surface area contributed by atoms with Crippen molar-refractivity contribution < 1.29 is 18.7 Å². The van der Waals surface area contributed by atoms with E-state index in [9.17, 15) is 18.7 Å². The van der Waals surface area contributed by atoms with E-state index < -0.39 is 5.97 Å². The number of carboxylic acids is 1. The number of carboxylic acid groups (broad SMARTS) is 1.